The van der Waals surface area contributed by atoms with Gasteiger partial charge in [-0.15, -0.1) is 0 Å². The van der Waals surface area contributed by atoms with E-state index in [0.29, 0.717) is 0 Å². The molecule has 0 aliphatic heterocycles. The minimum Gasteiger partial charge on any atom is -0.349 e. The van der Waals surface area contributed by atoms with E-state index in [0.717, 1.165) is 5.56 Å². The molecule has 0 bridgehead atoms. The third-order valence-corrected chi connectivity index (χ3v) is 3.32. The van der Waals surface area contributed by atoms with Crippen molar-refractivity contribution >= 4 is 16.7 Å². The van der Waals surface area contributed by atoms with Crippen LogP contribution in [0.2, 0.25) is 0 Å². The number of amides is 1. The van der Waals surface area contributed by atoms with Gasteiger partial charge in [-0.1, -0.05) is 63.2 Å². The fraction of sp³-hybridized carbons (Fsp3) is 0.353. The number of nitrogens with one attached hydrogen (secondary N) is 1. The zero-order chi connectivity index (χ0) is 14.0. The summed E-state index contributed by atoms with van der Waals surface area (Å²) in [6, 6.07) is 14.5. The molecule has 0 aliphatic rings. The van der Waals surface area contributed by atoms with Crippen molar-refractivity contribution < 1.29 is 4.79 Å². The fourth-order valence-electron chi connectivity index (χ4n) is 2.12. The van der Waals surface area contributed by atoms with Crippen LogP contribution >= 0.6 is 0 Å². The Morgan fingerprint density at radius 1 is 1.05 bits per heavy atom. The van der Waals surface area contributed by atoms with Crippen LogP contribution in [0, 0.1) is 5.41 Å². The van der Waals surface area contributed by atoms with Crippen LogP contribution in [0.4, 0.5) is 0 Å². The molecule has 2 heteroatoms. The van der Waals surface area contributed by atoms with Gasteiger partial charge in [0.1, 0.15) is 0 Å². The summed E-state index contributed by atoms with van der Waals surface area (Å²) in [7, 11) is 0. The van der Waals surface area contributed by atoms with Gasteiger partial charge in [-0.3, -0.25) is 4.79 Å². The van der Waals surface area contributed by atoms with Gasteiger partial charge in [-0.25, -0.2) is 0 Å². The van der Waals surface area contributed by atoms with E-state index in [4.69, 9.17) is 0 Å². The van der Waals surface area contributed by atoms with E-state index < -0.39 is 0 Å². The second kappa shape index (κ2) is 5.04. The van der Waals surface area contributed by atoms with Gasteiger partial charge in [0.05, 0.1) is 6.04 Å². The van der Waals surface area contributed by atoms with Crippen LogP contribution in [0.3, 0.4) is 0 Å². The van der Waals surface area contributed by atoms with Gasteiger partial charge in [0.2, 0.25) is 5.91 Å². The predicted octanol–water partition coefficient (Wildman–Crippen LogP) is 4.06. The first-order valence-electron chi connectivity index (χ1n) is 6.68. The molecule has 2 aromatic carbocycles. The zero-order valence-electron chi connectivity index (χ0n) is 12.0. The summed E-state index contributed by atoms with van der Waals surface area (Å²) in [5.74, 6) is 0.0768. The van der Waals surface area contributed by atoms with Gasteiger partial charge in [0.25, 0.3) is 0 Å². The Kier molecular flexibility index (Phi) is 3.61. The number of hydrogen-bond acceptors (Lipinski definition) is 1. The van der Waals surface area contributed by atoms with Crippen LogP contribution < -0.4 is 5.32 Å². The smallest absolute Gasteiger partial charge is 0.225 e. The minimum absolute atomic E-state index is 0.0119. The number of carbonyl (C=O) groups excluding carboxylic acids is 1. The van der Waals surface area contributed by atoms with Gasteiger partial charge in [-0.05, 0) is 23.3 Å². The maximum Gasteiger partial charge on any atom is 0.225 e. The molecule has 1 atom stereocenters. The Hall–Kier alpha value is -1.83. The molecule has 0 fully saturated rings. The van der Waals surface area contributed by atoms with Crippen molar-refractivity contribution in [1.82, 2.24) is 5.32 Å². The van der Waals surface area contributed by atoms with Crippen LogP contribution in [0.25, 0.3) is 10.8 Å². The lowest BCUT2D eigenvalue weighted by Crippen LogP contribution is -2.36. The Morgan fingerprint density at radius 3 is 2.37 bits per heavy atom. The van der Waals surface area contributed by atoms with Crippen molar-refractivity contribution in [2.45, 2.75) is 33.7 Å². The summed E-state index contributed by atoms with van der Waals surface area (Å²) in [6.07, 6.45) is 0. The van der Waals surface area contributed by atoms with Crippen LogP contribution in [0.1, 0.15) is 39.3 Å². The largest absolute Gasteiger partial charge is 0.349 e. The molecule has 1 amide bonds. The van der Waals surface area contributed by atoms with Crippen molar-refractivity contribution in [2.24, 2.45) is 5.41 Å². The van der Waals surface area contributed by atoms with Crippen LogP contribution in [0.15, 0.2) is 42.5 Å². The Morgan fingerprint density at radius 2 is 1.68 bits per heavy atom. The standard InChI is InChI=1S/C17H21NO/c1-12(18-16(19)17(2,3)4)14-11-7-9-13-8-5-6-10-15(13)14/h5-12H,1-4H3,(H,18,19). The molecular formula is C17H21NO. The molecule has 0 radical (unpaired) electrons. The van der Waals surface area contributed by atoms with Crippen molar-refractivity contribution in [3.05, 3.63) is 48.0 Å². The van der Waals surface area contributed by atoms with Gasteiger partial charge >= 0.3 is 0 Å². The lowest BCUT2D eigenvalue weighted by molar-refractivity contribution is -0.129. The lowest BCUT2D eigenvalue weighted by atomic mass is 9.94. The Bertz CT molecular complexity index is 590. The van der Waals surface area contributed by atoms with Gasteiger partial charge in [0, 0.05) is 5.41 Å². The second-order valence-electron chi connectivity index (χ2n) is 6.01. The molecule has 2 aromatic rings. The van der Waals surface area contributed by atoms with E-state index in [1.165, 1.54) is 10.8 Å². The first-order valence-corrected chi connectivity index (χ1v) is 6.68. The molecule has 0 aliphatic carbocycles. The number of benzene rings is 2. The molecule has 0 saturated heterocycles. The molecule has 0 aromatic heterocycles. The molecular weight excluding hydrogens is 234 g/mol. The Balaban J connectivity index is 2.32. The molecule has 19 heavy (non-hydrogen) atoms. The third-order valence-electron chi connectivity index (χ3n) is 3.32. The van der Waals surface area contributed by atoms with Crippen molar-refractivity contribution in [3.63, 3.8) is 0 Å². The average molecular weight is 255 g/mol. The van der Waals surface area contributed by atoms with Gasteiger partial charge in [-0.2, -0.15) is 0 Å². The van der Waals surface area contributed by atoms with E-state index in [1.54, 1.807) is 0 Å². The second-order valence-corrected chi connectivity index (χ2v) is 6.01. The molecule has 0 spiro atoms. The van der Waals surface area contributed by atoms with Crippen molar-refractivity contribution in [2.75, 3.05) is 0 Å². The highest BCUT2D eigenvalue weighted by atomic mass is 16.2. The normalized spacial score (nSPS) is 13.3. The van der Waals surface area contributed by atoms with E-state index in [2.05, 4.69) is 29.6 Å². The number of carbonyl (C=O) groups is 1. The molecule has 2 nitrogen and oxygen atoms in total. The zero-order valence-corrected chi connectivity index (χ0v) is 12.0. The third kappa shape index (κ3) is 2.95. The van der Waals surface area contributed by atoms with Crippen LogP contribution in [0.5, 0.6) is 0 Å². The van der Waals surface area contributed by atoms with Crippen LogP contribution in [-0.4, -0.2) is 5.91 Å². The maximum atomic E-state index is 12.1. The molecule has 1 unspecified atom stereocenters. The maximum absolute atomic E-state index is 12.1. The Labute approximate surface area is 114 Å². The lowest BCUT2D eigenvalue weighted by Gasteiger charge is -2.23. The average Bonchev–Trinajstić information content (AvgIpc) is 2.36. The highest BCUT2D eigenvalue weighted by molar-refractivity contribution is 5.87. The molecule has 1 N–H and O–H groups in total. The minimum atomic E-state index is -0.362. The monoisotopic (exact) mass is 255 g/mol. The highest BCUT2D eigenvalue weighted by Crippen LogP contribution is 2.25. The summed E-state index contributed by atoms with van der Waals surface area (Å²) < 4.78 is 0. The summed E-state index contributed by atoms with van der Waals surface area (Å²) in [6.45, 7) is 7.82. The van der Waals surface area contributed by atoms with E-state index in [-0.39, 0.29) is 17.4 Å². The van der Waals surface area contributed by atoms with Crippen molar-refractivity contribution in [3.8, 4) is 0 Å². The van der Waals surface area contributed by atoms with Gasteiger partial charge < -0.3 is 5.32 Å². The molecule has 100 valence electrons. The number of rotatable bonds is 2. The summed E-state index contributed by atoms with van der Waals surface area (Å²) >= 11 is 0. The molecule has 0 saturated carbocycles. The number of fused-ring (bicyclic) bond motifs is 1. The number of hydrogen-bond donors (Lipinski definition) is 1. The highest BCUT2D eigenvalue weighted by Gasteiger charge is 2.23. The first-order chi connectivity index (χ1) is 8.89. The molecule has 2 rings (SSSR count). The molecule has 0 heterocycles. The van der Waals surface area contributed by atoms with Crippen molar-refractivity contribution in [1.29, 1.82) is 0 Å². The van der Waals surface area contributed by atoms with Gasteiger partial charge in [0.15, 0.2) is 0 Å². The van der Waals surface area contributed by atoms with E-state index in [1.807, 2.05) is 45.9 Å². The van der Waals surface area contributed by atoms with E-state index in [9.17, 15) is 4.79 Å². The topological polar surface area (TPSA) is 29.1 Å². The van der Waals surface area contributed by atoms with E-state index >= 15 is 0 Å². The summed E-state index contributed by atoms with van der Waals surface area (Å²) in [5.41, 5.74) is 0.800. The fourth-order valence-corrected chi connectivity index (χ4v) is 2.12. The first kappa shape index (κ1) is 13.6. The SMILES string of the molecule is CC(NC(=O)C(C)(C)C)c1cccc2ccccc12. The predicted molar refractivity (Wildman–Crippen MR) is 80.0 cm³/mol. The quantitative estimate of drug-likeness (QED) is 0.861. The van der Waals surface area contributed by atoms with Crippen LogP contribution in [-0.2, 0) is 4.79 Å². The summed E-state index contributed by atoms with van der Waals surface area (Å²) in [4.78, 5) is 12.1. The summed E-state index contributed by atoms with van der Waals surface area (Å²) in [5, 5.41) is 5.50.